The number of methoxy groups -OCH3 is 1. The van der Waals surface area contributed by atoms with Gasteiger partial charge in [0.2, 0.25) is 0 Å². The number of ether oxygens (including phenoxy) is 1. The highest BCUT2D eigenvalue weighted by atomic mass is 16.5. The molecule has 1 aromatic rings. The van der Waals surface area contributed by atoms with Crippen LogP contribution in [0.15, 0.2) is 18.5 Å². The number of hydrogen-bond donors (Lipinski definition) is 2. The molecule has 110 valence electrons. The van der Waals surface area contributed by atoms with Crippen LogP contribution in [0.2, 0.25) is 0 Å². The Morgan fingerprint density at radius 1 is 1.35 bits per heavy atom. The molecule has 2 aliphatic heterocycles. The van der Waals surface area contributed by atoms with Gasteiger partial charge in [0.1, 0.15) is 5.75 Å². The average molecular weight is 276 g/mol. The largest absolute Gasteiger partial charge is 0.495 e. The Labute approximate surface area is 120 Å². The SMILES string of the molecule is COc1cncc(C(NN)C2CC3CCC(C2)N3C)c1. The van der Waals surface area contributed by atoms with Crippen molar-refractivity contribution in [1.29, 1.82) is 0 Å². The van der Waals surface area contributed by atoms with E-state index in [1.54, 1.807) is 13.3 Å². The number of hydrogen-bond acceptors (Lipinski definition) is 5. The molecule has 20 heavy (non-hydrogen) atoms. The summed E-state index contributed by atoms with van der Waals surface area (Å²) < 4.78 is 5.27. The van der Waals surface area contributed by atoms with Crippen LogP contribution in [0, 0.1) is 5.92 Å². The molecule has 3 atom stereocenters. The Bertz CT molecular complexity index is 453. The van der Waals surface area contributed by atoms with Gasteiger partial charge in [0.25, 0.3) is 0 Å². The first kappa shape index (κ1) is 13.8. The van der Waals surface area contributed by atoms with E-state index in [0.29, 0.717) is 18.0 Å². The molecule has 5 heteroatoms. The van der Waals surface area contributed by atoms with Gasteiger partial charge in [0, 0.05) is 18.3 Å². The molecule has 0 aromatic carbocycles. The Morgan fingerprint density at radius 3 is 2.65 bits per heavy atom. The zero-order chi connectivity index (χ0) is 14.1. The van der Waals surface area contributed by atoms with E-state index in [4.69, 9.17) is 10.6 Å². The van der Waals surface area contributed by atoms with Gasteiger partial charge in [-0.05, 0) is 50.3 Å². The smallest absolute Gasteiger partial charge is 0.137 e. The van der Waals surface area contributed by atoms with Crippen molar-refractivity contribution < 1.29 is 4.74 Å². The van der Waals surface area contributed by atoms with Gasteiger partial charge >= 0.3 is 0 Å². The number of fused-ring (bicyclic) bond motifs is 2. The number of nitrogens with two attached hydrogens (primary N) is 1. The number of nitrogens with one attached hydrogen (secondary N) is 1. The molecule has 2 bridgehead atoms. The fraction of sp³-hybridized carbons (Fsp3) is 0.667. The van der Waals surface area contributed by atoms with Crippen molar-refractivity contribution >= 4 is 0 Å². The van der Waals surface area contributed by atoms with Gasteiger partial charge in [-0.15, -0.1) is 0 Å². The van der Waals surface area contributed by atoms with E-state index in [9.17, 15) is 0 Å². The van der Waals surface area contributed by atoms with Crippen LogP contribution in [0.1, 0.15) is 37.3 Å². The van der Waals surface area contributed by atoms with Crippen LogP contribution in [0.25, 0.3) is 0 Å². The minimum Gasteiger partial charge on any atom is -0.495 e. The summed E-state index contributed by atoms with van der Waals surface area (Å²) in [5.41, 5.74) is 4.13. The summed E-state index contributed by atoms with van der Waals surface area (Å²) in [6, 6.07) is 3.63. The second-order valence-corrected chi connectivity index (χ2v) is 6.08. The lowest BCUT2D eigenvalue weighted by molar-refractivity contribution is 0.112. The summed E-state index contributed by atoms with van der Waals surface area (Å²) in [6.07, 6.45) is 8.69. The van der Waals surface area contributed by atoms with Crippen molar-refractivity contribution in [3.05, 3.63) is 24.0 Å². The van der Waals surface area contributed by atoms with E-state index < -0.39 is 0 Å². The number of rotatable bonds is 4. The van der Waals surface area contributed by atoms with E-state index in [2.05, 4.69) is 22.4 Å². The third kappa shape index (κ3) is 2.41. The van der Waals surface area contributed by atoms with Gasteiger partial charge in [0.15, 0.2) is 0 Å². The molecule has 1 aromatic heterocycles. The third-order valence-electron chi connectivity index (χ3n) is 5.11. The van der Waals surface area contributed by atoms with E-state index >= 15 is 0 Å². The molecule has 0 radical (unpaired) electrons. The van der Waals surface area contributed by atoms with Gasteiger partial charge in [-0.2, -0.15) is 0 Å². The maximum absolute atomic E-state index is 5.84. The molecule has 3 heterocycles. The first-order valence-electron chi connectivity index (χ1n) is 7.40. The summed E-state index contributed by atoms with van der Waals surface area (Å²) in [5.74, 6) is 7.20. The van der Waals surface area contributed by atoms with Gasteiger partial charge in [-0.3, -0.25) is 16.3 Å². The summed E-state index contributed by atoms with van der Waals surface area (Å²) >= 11 is 0. The Hall–Kier alpha value is -1.17. The number of pyridine rings is 1. The average Bonchev–Trinajstić information content (AvgIpc) is 2.70. The molecular weight excluding hydrogens is 252 g/mol. The Morgan fingerprint density at radius 2 is 2.05 bits per heavy atom. The Balaban J connectivity index is 1.80. The monoisotopic (exact) mass is 276 g/mol. The molecule has 0 saturated carbocycles. The number of aromatic nitrogens is 1. The maximum atomic E-state index is 5.84. The van der Waals surface area contributed by atoms with Crippen molar-refractivity contribution in [3.63, 3.8) is 0 Å². The quantitative estimate of drug-likeness (QED) is 0.644. The van der Waals surface area contributed by atoms with Crippen LogP contribution in [0.3, 0.4) is 0 Å². The fourth-order valence-electron chi connectivity index (χ4n) is 3.95. The highest BCUT2D eigenvalue weighted by molar-refractivity contribution is 5.26. The topological polar surface area (TPSA) is 63.4 Å². The fourth-order valence-corrected chi connectivity index (χ4v) is 3.95. The molecule has 3 rings (SSSR count). The first-order chi connectivity index (χ1) is 9.72. The highest BCUT2D eigenvalue weighted by Gasteiger charge is 2.41. The first-order valence-corrected chi connectivity index (χ1v) is 7.40. The maximum Gasteiger partial charge on any atom is 0.137 e. The van der Waals surface area contributed by atoms with Crippen LogP contribution in [-0.2, 0) is 0 Å². The lowest BCUT2D eigenvalue weighted by atomic mass is 9.83. The zero-order valence-corrected chi connectivity index (χ0v) is 12.2. The van der Waals surface area contributed by atoms with Crippen LogP contribution < -0.4 is 16.0 Å². The molecule has 5 nitrogen and oxygen atoms in total. The van der Waals surface area contributed by atoms with Crippen molar-refractivity contribution in [2.75, 3.05) is 14.2 Å². The van der Waals surface area contributed by atoms with Crippen LogP contribution in [0.4, 0.5) is 0 Å². The second-order valence-electron chi connectivity index (χ2n) is 6.08. The molecule has 2 aliphatic rings. The van der Waals surface area contributed by atoms with Crippen LogP contribution >= 0.6 is 0 Å². The van der Waals surface area contributed by atoms with E-state index in [1.165, 1.54) is 25.7 Å². The summed E-state index contributed by atoms with van der Waals surface area (Å²) in [7, 11) is 3.93. The molecule has 0 spiro atoms. The number of piperidine rings is 1. The van der Waals surface area contributed by atoms with Crippen molar-refractivity contribution in [3.8, 4) is 5.75 Å². The van der Waals surface area contributed by atoms with Gasteiger partial charge < -0.3 is 9.64 Å². The van der Waals surface area contributed by atoms with E-state index in [1.807, 2.05) is 12.3 Å². The minimum atomic E-state index is 0.161. The second kappa shape index (κ2) is 5.68. The van der Waals surface area contributed by atoms with Gasteiger partial charge in [-0.25, -0.2) is 0 Å². The predicted octanol–water partition coefficient (Wildman–Crippen LogP) is 1.47. The lowest BCUT2D eigenvalue weighted by Crippen LogP contribution is -2.45. The normalized spacial score (nSPS) is 31.2. The van der Waals surface area contributed by atoms with Gasteiger partial charge in [-0.1, -0.05) is 0 Å². The third-order valence-corrected chi connectivity index (χ3v) is 5.11. The van der Waals surface area contributed by atoms with Crippen LogP contribution in [0.5, 0.6) is 5.75 Å². The van der Waals surface area contributed by atoms with Crippen LogP contribution in [-0.4, -0.2) is 36.1 Å². The molecule has 3 unspecified atom stereocenters. The zero-order valence-electron chi connectivity index (χ0n) is 12.2. The van der Waals surface area contributed by atoms with E-state index in [-0.39, 0.29) is 6.04 Å². The number of nitrogens with zero attached hydrogens (tertiary/aromatic N) is 2. The molecule has 0 aliphatic carbocycles. The molecule has 2 fully saturated rings. The summed E-state index contributed by atoms with van der Waals surface area (Å²) in [6.45, 7) is 0. The molecule has 2 saturated heterocycles. The standard InChI is InChI=1S/C15H24N4O/c1-19-12-3-4-13(19)6-10(5-12)15(18-16)11-7-14(20-2)9-17-8-11/h7-10,12-13,15,18H,3-6,16H2,1-2H3. The van der Waals surface area contributed by atoms with Crippen molar-refractivity contribution in [2.45, 2.75) is 43.8 Å². The van der Waals surface area contributed by atoms with Crippen molar-refractivity contribution in [2.24, 2.45) is 11.8 Å². The summed E-state index contributed by atoms with van der Waals surface area (Å²) in [4.78, 5) is 6.81. The summed E-state index contributed by atoms with van der Waals surface area (Å²) in [5, 5.41) is 0. The molecule has 0 amide bonds. The predicted molar refractivity (Wildman–Crippen MR) is 78.2 cm³/mol. The highest BCUT2D eigenvalue weighted by Crippen LogP contribution is 2.42. The Kier molecular flexibility index (Phi) is 3.92. The molecule has 3 N–H and O–H groups in total. The minimum absolute atomic E-state index is 0.161. The molecular formula is C15H24N4O. The lowest BCUT2D eigenvalue weighted by Gasteiger charge is -2.39. The number of hydrazine groups is 1. The van der Waals surface area contributed by atoms with Crippen molar-refractivity contribution in [1.82, 2.24) is 15.3 Å². The van der Waals surface area contributed by atoms with E-state index in [0.717, 1.165) is 11.3 Å². The van der Waals surface area contributed by atoms with Gasteiger partial charge in [0.05, 0.1) is 19.3 Å².